The Hall–Kier alpha value is -1.27. The molecule has 0 aromatic heterocycles. The first-order valence-electron chi connectivity index (χ1n) is 4.46. The van der Waals surface area contributed by atoms with Crippen molar-refractivity contribution >= 4 is 40.4 Å². The maximum atomic E-state index is 12.6. The Morgan fingerprint density at radius 3 is 2.69 bits per heavy atom. The summed E-state index contributed by atoms with van der Waals surface area (Å²) in [6, 6.07) is 5.82. The van der Waals surface area contributed by atoms with Gasteiger partial charge in [0.1, 0.15) is 5.82 Å². The van der Waals surface area contributed by atoms with Crippen molar-refractivity contribution in [3.05, 3.63) is 35.6 Å². The van der Waals surface area contributed by atoms with E-state index in [0.29, 0.717) is 15.6 Å². The summed E-state index contributed by atoms with van der Waals surface area (Å²) in [7, 11) is 0. The first-order valence-corrected chi connectivity index (χ1v) is 5.85. The number of thioether (sulfide) groups is 1. The van der Waals surface area contributed by atoms with Gasteiger partial charge in [-0.25, -0.2) is 4.39 Å². The highest BCUT2D eigenvalue weighted by molar-refractivity contribution is 8.23. The molecule has 1 aromatic carbocycles. The van der Waals surface area contributed by atoms with Gasteiger partial charge in [0.25, 0.3) is 5.91 Å². The zero-order valence-electron chi connectivity index (χ0n) is 8.09. The number of rotatable bonds is 2. The van der Waals surface area contributed by atoms with Gasteiger partial charge in [0.2, 0.25) is 0 Å². The normalized spacial score (nSPS) is 16.4. The standard InChI is InChI=1S/C10H7FN2OS2/c11-8-3-1-7(2-4-8)5-12-13-9(14)6-16-10(13)15/h1-5H,6H2. The highest BCUT2D eigenvalue weighted by atomic mass is 32.2. The van der Waals surface area contributed by atoms with E-state index in [1.165, 1.54) is 35.1 Å². The average molecular weight is 254 g/mol. The molecule has 1 fully saturated rings. The molecule has 1 amide bonds. The molecule has 3 nitrogen and oxygen atoms in total. The van der Waals surface area contributed by atoms with E-state index in [0.717, 1.165) is 0 Å². The molecule has 0 saturated carbocycles. The van der Waals surface area contributed by atoms with Crippen molar-refractivity contribution in [1.82, 2.24) is 5.01 Å². The quantitative estimate of drug-likeness (QED) is 0.598. The minimum absolute atomic E-state index is 0.131. The Morgan fingerprint density at radius 2 is 2.12 bits per heavy atom. The van der Waals surface area contributed by atoms with Gasteiger partial charge in [-0.15, -0.1) is 0 Å². The van der Waals surface area contributed by atoms with Gasteiger partial charge in [-0.1, -0.05) is 36.1 Å². The number of carbonyl (C=O) groups excluding carboxylic acids is 1. The van der Waals surface area contributed by atoms with Crippen molar-refractivity contribution in [2.45, 2.75) is 0 Å². The molecular weight excluding hydrogens is 247 g/mol. The number of carbonyl (C=O) groups is 1. The molecule has 0 spiro atoms. The van der Waals surface area contributed by atoms with E-state index < -0.39 is 0 Å². The van der Waals surface area contributed by atoms with Gasteiger partial charge < -0.3 is 0 Å². The summed E-state index contributed by atoms with van der Waals surface area (Å²) in [5.41, 5.74) is 0.717. The Bertz CT molecular complexity index is 442. The predicted octanol–water partition coefficient (Wildman–Crippen LogP) is 2.02. The first-order chi connectivity index (χ1) is 7.66. The molecule has 0 N–H and O–H groups in total. The van der Waals surface area contributed by atoms with Gasteiger partial charge >= 0.3 is 0 Å². The van der Waals surface area contributed by atoms with Crippen LogP contribution in [0.1, 0.15) is 5.56 Å². The fourth-order valence-electron chi connectivity index (χ4n) is 1.13. The average Bonchev–Trinajstić information content (AvgIpc) is 2.59. The summed E-state index contributed by atoms with van der Waals surface area (Å²) in [5, 5.41) is 5.14. The van der Waals surface area contributed by atoms with E-state index in [1.54, 1.807) is 12.1 Å². The summed E-state index contributed by atoms with van der Waals surface area (Å²) < 4.78 is 13.1. The lowest BCUT2D eigenvalue weighted by Gasteiger charge is -2.05. The van der Waals surface area contributed by atoms with Crippen LogP contribution in [-0.2, 0) is 4.79 Å². The van der Waals surface area contributed by atoms with Gasteiger partial charge in [0.15, 0.2) is 4.32 Å². The smallest absolute Gasteiger partial charge is 0.259 e. The van der Waals surface area contributed by atoms with Crippen molar-refractivity contribution in [1.29, 1.82) is 0 Å². The molecule has 0 bridgehead atoms. The Kier molecular flexibility index (Phi) is 3.31. The zero-order valence-corrected chi connectivity index (χ0v) is 9.72. The number of hydrogen-bond acceptors (Lipinski definition) is 4. The summed E-state index contributed by atoms with van der Waals surface area (Å²) in [6.45, 7) is 0. The molecule has 6 heteroatoms. The summed E-state index contributed by atoms with van der Waals surface area (Å²) in [5.74, 6) is -0.103. The Morgan fingerprint density at radius 1 is 1.44 bits per heavy atom. The van der Waals surface area contributed by atoms with Gasteiger partial charge in [0.05, 0.1) is 12.0 Å². The largest absolute Gasteiger partial charge is 0.272 e. The number of nitrogens with zero attached hydrogens (tertiary/aromatic N) is 2. The fourth-order valence-corrected chi connectivity index (χ4v) is 2.10. The third kappa shape index (κ3) is 2.45. The first kappa shape index (κ1) is 11.2. The summed E-state index contributed by atoms with van der Waals surface area (Å²) >= 11 is 6.23. The number of hydrazone groups is 1. The van der Waals surface area contributed by atoms with E-state index >= 15 is 0 Å². The molecule has 1 heterocycles. The second kappa shape index (κ2) is 4.71. The molecule has 2 rings (SSSR count). The van der Waals surface area contributed by atoms with Crippen LogP contribution in [-0.4, -0.2) is 27.2 Å². The van der Waals surface area contributed by atoms with E-state index in [4.69, 9.17) is 12.2 Å². The molecule has 0 radical (unpaired) electrons. The second-order valence-electron chi connectivity index (χ2n) is 3.06. The Labute approximate surface area is 101 Å². The zero-order chi connectivity index (χ0) is 11.5. The number of amides is 1. The highest BCUT2D eigenvalue weighted by Crippen LogP contribution is 2.19. The minimum atomic E-state index is -0.305. The molecular formula is C10H7FN2OS2. The SMILES string of the molecule is O=C1CSC(=S)N1N=Cc1ccc(F)cc1. The maximum Gasteiger partial charge on any atom is 0.259 e. The van der Waals surface area contributed by atoms with E-state index in [9.17, 15) is 9.18 Å². The van der Waals surface area contributed by atoms with Gasteiger partial charge in [-0.3, -0.25) is 4.79 Å². The van der Waals surface area contributed by atoms with Crippen LogP contribution in [0.15, 0.2) is 29.4 Å². The van der Waals surface area contributed by atoms with Crippen LogP contribution in [0, 0.1) is 5.82 Å². The predicted molar refractivity (Wildman–Crippen MR) is 65.9 cm³/mol. The van der Waals surface area contributed by atoms with Crippen LogP contribution in [0.5, 0.6) is 0 Å². The molecule has 1 saturated heterocycles. The van der Waals surface area contributed by atoms with Crippen molar-refractivity contribution in [2.24, 2.45) is 5.10 Å². The fraction of sp³-hybridized carbons (Fsp3) is 0.100. The molecule has 82 valence electrons. The van der Waals surface area contributed by atoms with Crippen molar-refractivity contribution in [2.75, 3.05) is 5.75 Å². The monoisotopic (exact) mass is 254 g/mol. The molecule has 16 heavy (non-hydrogen) atoms. The van der Waals surface area contributed by atoms with Crippen LogP contribution in [0.2, 0.25) is 0 Å². The molecule has 1 aliphatic heterocycles. The lowest BCUT2D eigenvalue weighted by molar-refractivity contribution is -0.123. The van der Waals surface area contributed by atoms with Crippen LogP contribution >= 0.6 is 24.0 Å². The third-order valence-corrected chi connectivity index (χ3v) is 3.26. The van der Waals surface area contributed by atoms with Crippen LogP contribution < -0.4 is 0 Å². The molecule has 0 aliphatic carbocycles. The summed E-state index contributed by atoms with van der Waals surface area (Å²) in [4.78, 5) is 11.3. The number of benzene rings is 1. The third-order valence-electron chi connectivity index (χ3n) is 1.92. The number of thiocarbonyl (C=S) groups is 1. The lowest BCUT2D eigenvalue weighted by Crippen LogP contribution is -2.22. The van der Waals surface area contributed by atoms with Gasteiger partial charge in [-0.05, 0) is 17.7 Å². The van der Waals surface area contributed by atoms with Crippen LogP contribution in [0.25, 0.3) is 0 Å². The highest BCUT2D eigenvalue weighted by Gasteiger charge is 2.25. The van der Waals surface area contributed by atoms with Crippen LogP contribution in [0.3, 0.4) is 0 Å². The minimum Gasteiger partial charge on any atom is -0.272 e. The van der Waals surface area contributed by atoms with Crippen molar-refractivity contribution in [3.8, 4) is 0 Å². The molecule has 1 aliphatic rings. The molecule has 0 unspecified atom stereocenters. The molecule has 0 atom stereocenters. The maximum absolute atomic E-state index is 12.6. The van der Waals surface area contributed by atoms with Crippen LogP contribution in [0.4, 0.5) is 4.39 Å². The number of hydrogen-bond donors (Lipinski definition) is 0. The van der Waals surface area contributed by atoms with Crippen molar-refractivity contribution < 1.29 is 9.18 Å². The number of halogens is 1. The summed E-state index contributed by atoms with van der Waals surface area (Å²) in [6.07, 6.45) is 1.48. The van der Waals surface area contributed by atoms with Gasteiger partial charge in [0, 0.05) is 0 Å². The topological polar surface area (TPSA) is 32.7 Å². The van der Waals surface area contributed by atoms with Crippen molar-refractivity contribution in [3.63, 3.8) is 0 Å². The molecule has 1 aromatic rings. The lowest BCUT2D eigenvalue weighted by atomic mass is 10.2. The van der Waals surface area contributed by atoms with E-state index in [-0.39, 0.29) is 11.7 Å². The van der Waals surface area contributed by atoms with E-state index in [2.05, 4.69) is 5.10 Å². The second-order valence-corrected chi connectivity index (χ2v) is 4.67. The Balaban J connectivity index is 2.12. The van der Waals surface area contributed by atoms with Gasteiger partial charge in [-0.2, -0.15) is 10.1 Å². The van der Waals surface area contributed by atoms with E-state index in [1.807, 2.05) is 0 Å².